The topological polar surface area (TPSA) is 82.0 Å². The van der Waals surface area contributed by atoms with E-state index in [-0.39, 0.29) is 5.84 Å². The predicted octanol–water partition coefficient (Wildman–Crippen LogP) is 1.79. The van der Waals surface area contributed by atoms with Gasteiger partial charge in [-0.3, -0.25) is 0 Å². The maximum atomic E-state index is 8.70. The van der Waals surface area contributed by atoms with Gasteiger partial charge in [0, 0.05) is 49.5 Å². The second kappa shape index (κ2) is 7.66. The zero-order valence-corrected chi connectivity index (χ0v) is 12.2. The summed E-state index contributed by atoms with van der Waals surface area (Å²) in [5.41, 5.74) is 7.40. The Bertz CT molecular complexity index is 607. The Hall–Kier alpha value is -2.05. The monoisotopic (exact) mass is 291 g/mol. The maximum absolute atomic E-state index is 8.70. The number of methoxy groups -OCH3 is 1. The third kappa shape index (κ3) is 3.96. The van der Waals surface area contributed by atoms with Crippen LogP contribution in [0.5, 0.6) is 0 Å². The van der Waals surface area contributed by atoms with Gasteiger partial charge in [-0.15, -0.1) is 0 Å². The van der Waals surface area contributed by atoms with Gasteiger partial charge in [0.25, 0.3) is 0 Å². The predicted molar refractivity (Wildman–Crippen MR) is 81.8 cm³/mol. The Morgan fingerprint density at radius 2 is 2.14 bits per heavy atom. The number of oxime groups is 1. The number of nitrogens with zero attached hydrogens (tertiary/aromatic N) is 2. The van der Waals surface area contributed by atoms with Gasteiger partial charge in [-0.05, 0) is 30.7 Å². The van der Waals surface area contributed by atoms with E-state index in [1.54, 1.807) is 7.11 Å². The fraction of sp³-hybridized carbons (Fsp3) is 0.400. The van der Waals surface area contributed by atoms with Crippen LogP contribution in [0.3, 0.4) is 0 Å². The molecule has 6 nitrogen and oxygen atoms in total. The first-order valence-corrected chi connectivity index (χ1v) is 6.89. The van der Waals surface area contributed by atoms with Gasteiger partial charge >= 0.3 is 0 Å². The zero-order chi connectivity index (χ0) is 15.1. The van der Waals surface area contributed by atoms with Crippen molar-refractivity contribution in [3.8, 4) is 0 Å². The molecule has 0 radical (unpaired) electrons. The molecule has 1 heterocycles. The van der Waals surface area contributed by atoms with Crippen LogP contribution in [-0.2, 0) is 16.0 Å². The summed E-state index contributed by atoms with van der Waals surface area (Å²) in [4.78, 5) is 0. The van der Waals surface area contributed by atoms with E-state index in [0.717, 1.165) is 30.5 Å². The van der Waals surface area contributed by atoms with Crippen molar-refractivity contribution in [1.29, 1.82) is 0 Å². The minimum Gasteiger partial charge on any atom is -0.409 e. The molecular formula is C15H21N3O3. The zero-order valence-electron chi connectivity index (χ0n) is 12.2. The lowest BCUT2D eigenvalue weighted by molar-refractivity contribution is 0.0982. The molecule has 2 rings (SSSR count). The van der Waals surface area contributed by atoms with E-state index in [2.05, 4.69) is 9.72 Å². The molecule has 0 bridgehead atoms. The molecule has 1 aromatic heterocycles. The van der Waals surface area contributed by atoms with Crippen molar-refractivity contribution in [1.82, 2.24) is 4.57 Å². The number of aromatic nitrogens is 1. The van der Waals surface area contributed by atoms with Crippen LogP contribution >= 0.6 is 0 Å². The molecule has 0 fully saturated rings. The first-order chi connectivity index (χ1) is 10.3. The van der Waals surface area contributed by atoms with E-state index in [0.29, 0.717) is 18.8 Å². The molecule has 1 aromatic carbocycles. The van der Waals surface area contributed by atoms with Gasteiger partial charge < -0.3 is 25.0 Å². The summed E-state index contributed by atoms with van der Waals surface area (Å²) in [7, 11) is 1.69. The molecule has 114 valence electrons. The second-order valence-electron chi connectivity index (χ2n) is 4.73. The number of hydrogen-bond acceptors (Lipinski definition) is 4. The number of amidine groups is 1. The smallest absolute Gasteiger partial charge is 0.170 e. The average Bonchev–Trinajstić information content (AvgIpc) is 2.92. The second-order valence-corrected chi connectivity index (χ2v) is 4.73. The lowest BCUT2D eigenvalue weighted by Gasteiger charge is -2.07. The van der Waals surface area contributed by atoms with E-state index in [1.165, 1.54) is 0 Å². The molecule has 0 aliphatic carbocycles. The lowest BCUT2D eigenvalue weighted by atomic mass is 10.1. The lowest BCUT2D eigenvalue weighted by Crippen LogP contribution is -2.12. The Kier molecular flexibility index (Phi) is 5.59. The molecule has 0 aliphatic heterocycles. The highest BCUT2D eigenvalue weighted by Gasteiger charge is 2.04. The van der Waals surface area contributed by atoms with Gasteiger partial charge in [0.1, 0.15) is 0 Å². The molecule has 0 saturated heterocycles. The number of nitrogens with two attached hydrogens (primary N) is 1. The van der Waals surface area contributed by atoms with E-state index in [1.807, 2.05) is 30.5 Å². The Morgan fingerprint density at radius 3 is 2.90 bits per heavy atom. The van der Waals surface area contributed by atoms with Crippen LogP contribution in [0.2, 0.25) is 0 Å². The summed E-state index contributed by atoms with van der Waals surface area (Å²) in [5.74, 6) is 0.117. The molecular weight excluding hydrogens is 270 g/mol. The largest absolute Gasteiger partial charge is 0.409 e. The molecule has 0 atom stereocenters. The molecule has 21 heavy (non-hydrogen) atoms. The van der Waals surface area contributed by atoms with Crippen LogP contribution in [0.1, 0.15) is 12.0 Å². The van der Waals surface area contributed by atoms with E-state index in [4.69, 9.17) is 20.4 Å². The number of benzene rings is 1. The average molecular weight is 291 g/mol. The van der Waals surface area contributed by atoms with Crippen LogP contribution in [0.15, 0.2) is 35.6 Å². The van der Waals surface area contributed by atoms with Gasteiger partial charge in [-0.1, -0.05) is 5.16 Å². The van der Waals surface area contributed by atoms with Crippen molar-refractivity contribution >= 4 is 16.7 Å². The van der Waals surface area contributed by atoms with Gasteiger partial charge in [0.2, 0.25) is 0 Å². The number of rotatable bonds is 8. The standard InChI is InChI=1S/C15H21N3O3/c1-20-8-2-9-21-10-7-18-6-5-12-11-13(15(16)17-19)3-4-14(12)18/h3-6,11,19H,2,7-10H2,1H3,(H2,16,17). The minimum atomic E-state index is 0.117. The first kappa shape index (κ1) is 15.3. The van der Waals surface area contributed by atoms with Crippen LogP contribution in [0, 0.1) is 0 Å². The summed E-state index contributed by atoms with van der Waals surface area (Å²) < 4.78 is 12.7. The molecule has 3 N–H and O–H groups in total. The Balaban J connectivity index is 1.96. The highest BCUT2D eigenvalue weighted by molar-refractivity contribution is 6.00. The van der Waals surface area contributed by atoms with Crippen molar-refractivity contribution in [2.24, 2.45) is 10.9 Å². The molecule has 0 spiro atoms. The molecule has 0 amide bonds. The van der Waals surface area contributed by atoms with Gasteiger partial charge in [0.05, 0.1) is 6.61 Å². The minimum absolute atomic E-state index is 0.117. The molecule has 0 saturated carbocycles. The normalized spacial score (nSPS) is 12.1. The molecule has 6 heteroatoms. The van der Waals surface area contributed by atoms with Crippen LogP contribution in [0.4, 0.5) is 0 Å². The highest BCUT2D eigenvalue weighted by atomic mass is 16.5. The van der Waals surface area contributed by atoms with Crippen LogP contribution in [-0.4, -0.2) is 42.5 Å². The van der Waals surface area contributed by atoms with Crippen LogP contribution < -0.4 is 5.73 Å². The first-order valence-electron chi connectivity index (χ1n) is 6.89. The number of ether oxygens (including phenoxy) is 2. The van der Waals surface area contributed by atoms with Crippen molar-refractivity contribution in [2.45, 2.75) is 13.0 Å². The van der Waals surface area contributed by atoms with Gasteiger partial charge in [-0.2, -0.15) is 0 Å². The van der Waals surface area contributed by atoms with Gasteiger partial charge in [0.15, 0.2) is 5.84 Å². The number of fused-ring (bicyclic) bond motifs is 1. The van der Waals surface area contributed by atoms with Crippen molar-refractivity contribution in [3.05, 3.63) is 36.0 Å². The number of hydrogen-bond donors (Lipinski definition) is 2. The summed E-state index contributed by atoms with van der Waals surface area (Å²) >= 11 is 0. The van der Waals surface area contributed by atoms with Crippen LogP contribution in [0.25, 0.3) is 10.9 Å². The SMILES string of the molecule is COCCCOCCn1ccc2cc(/C(N)=N/O)ccc21. The quantitative estimate of drug-likeness (QED) is 0.255. The summed E-state index contributed by atoms with van der Waals surface area (Å²) in [6.07, 6.45) is 2.92. The Labute approximate surface area is 123 Å². The van der Waals surface area contributed by atoms with Crippen molar-refractivity contribution in [3.63, 3.8) is 0 Å². The van der Waals surface area contributed by atoms with Gasteiger partial charge in [-0.25, -0.2) is 0 Å². The molecule has 0 aliphatic rings. The molecule has 0 unspecified atom stereocenters. The van der Waals surface area contributed by atoms with E-state index >= 15 is 0 Å². The highest BCUT2D eigenvalue weighted by Crippen LogP contribution is 2.17. The summed E-state index contributed by atoms with van der Waals surface area (Å²) in [6.45, 7) is 2.89. The fourth-order valence-corrected chi connectivity index (χ4v) is 2.18. The summed E-state index contributed by atoms with van der Waals surface area (Å²) in [5, 5.41) is 12.8. The Morgan fingerprint density at radius 1 is 1.29 bits per heavy atom. The fourth-order valence-electron chi connectivity index (χ4n) is 2.18. The third-order valence-electron chi connectivity index (χ3n) is 3.29. The summed E-state index contributed by atoms with van der Waals surface area (Å²) in [6, 6.07) is 7.72. The maximum Gasteiger partial charge on any atom is 0.170 e. The van der Waals surface area contributed by atoms with Crippen molar-refractivity contribution in [2.75, 3.05) is 26.9 Å². The van der Waals surface area contributed by atoms with Crippen molar-refractivity contribution < 1.29 is 14.7 Å². The van der Waals surface area contributed by atoms with E-state index in [9.17, 15) is 0 Å². The third-order valence-corrected chi connectivity index (χ3v) is 3.29. The molecule has 2 aromatic rings. The van der Waals surface area contributed by atoms with E-state index < -0.39 is 0 Å².